The molecule has 0 aromatic heterocycles. The molecule has 1 fully saturated rings. The predicted octanol–water partition coefficient (Wildman–Crippen LogP) is -0.180. The van der Waals surface area contributed by atoms with E-state index in [0.29, 0.717) is 6.54 Å². The molecule has 1 saturated heterocycles. The molecule has 0 bridgehead atoms. The molecule has 0 radical (unpaired) electrons. The minimum atomic E-state index is -1.20. The third-order valence-electron chi connectivity index (χ3n) is 3.46. The average molecular weight is 271 g/mol. The van der Waals surface area contributed by atoms with E-state index in [1.54, 1.807) is 11.8 Å². The van der Waals surface area contributed by atoms with Gasteiger partial charge in [0.05, 0.1) is 6.61 Å². The molecule has 2 atom stereocenters. The number of ether oxygens (including phenoxy) is 1. The van der Waals surface area contributed by atoms with Gasteiger partial charge in [-0.2, -0.15) is 0 Å². The number of carbonyl (C=O) groups is 2. The largest absolute Gasteiger partial charge is 0.464 e. The Bertz CT molecular complexity index is 322. The maximum Gasteiger partial charge on any atom is 0.332 e. The fourth-order valence-electron chi connectivity index (χ4n) is 2.39. The highest BCUT2D eigenvalue weighted by atomic mass is 16.5. The lowest BCUT2D eigenvalue weighted by Gasteiger charge is -2.31. The summed E-state index contributed by atoms with van der Waals surface area (Å²) in [5.74, 6) is -0.958. The van der Waals surface area contributed by atoms with Gasteiger partial charge in [-0.15, -0.1) is 0 Å². The van der Waals surface area contributed by atoms with Gasteiger partial charge in [0.1, 0.15) is 0 Å². The second-order valence-corrected chi connectivity index (χ2v) is 4.94. The first kappa shape index (κ1) is 15.9. The lowest BCUT2D eigenvalue weighted by molar-refractivity contribution is -0.151. The van der Waals surface area contributed by atoms with Crippen molar-refractivity contribution in [1.82, 2.24) is 9.80 Å². The molecule has 0 aromatic carbocycles. The Morgan fingerprint density at radius 2 is 2.05 bits per heavy atom. The van der Waals surface area contributed by atoms with E-state index in [9.17, 15) is 9.59 Å². The Balaban J connectivity index is 2.74. The van der Waals surface area contributed by atoms with Crippen molar-refractivity contribution in [2.45, 2.75) is 38.8 Å². The first-order valence-corrected chi connectivity index (χ1v) is 6.92. The van der Waals surface area contributed by atoms with E-state index < -0.39 is 12.0 Å². The first-order chi connectivity index (χ1) is 9.01. The van der Waals surface area contributed by atoms with Crippen LogP contribution in [0.5, 0.6) is 0 Å². The van der Waals surface area contributed by atoms with Crippen molar-refractivity contribution in [1.29, 1.82) is 0 Å². The highest BCUT2D eigenvalue weighted by molar-refractivity contribution is 6.01. The van der Waals surface area contributed by atoms with Crippen molar-refractivity contribution in [2.75, 3.05) is 33.3 Å². The summed E-state index contributed by atoms with van der Waals surface area (Å²) >= 11 is 0. The van der Waals surface area contributed by atoms with Crippen LogP contribution in [-0.2, 0) is 14.3 Å². The SMILES string of the molecule is CCOC(=O)C(N)C(=O)N1CCCN(C)CC1CC. The maximum atomic E-state index is 12.3. The van der Waals surface area contributed by atoms with Gasteiger partial charge < -0.3 is 20.3 Å². The number of rotatable bonds is 4. The molecule has 1 aliphatic rings. The van der Waals surface area contributed by atoms with Gasteiger partial charge in [0.25, 0.3) is 5.91 Å². The summed E-state index contributed by atoms with van der Waals surface area (Å²) in [4.78, 5) is 27.8. The van der Waals surface area contributed by atoms with Crippen molar-refractivity contribution in [3.8, 4) is 0 Å². The monoisotopic (exact) mass is 271 g/mol. The summed E-state index contributed by atoms with van der Waals surface area (Å²) in [5.41, 5.74) is 5.70. The van der Waals surface area contributed by atoms with E-state index in [-0.39, 0.29) is 18.6 Å². The number of hydrogen-bond acceptors (Lipinski definition) is 5. The van der Waals surface area contributed by atoms with Crippen LogP contribution >= 0.6 is 0 Å². The lowest BCUT2D eigenvalue weighted by Crippen LogP contribution is -2.53. The molecule has 0 spiro atoms. The predicted molar refractivity (Wildman–Crippen MR) is 72.5 cm³/mol. The Morgan fingerprint density at radius 3 is 2.63 bits per heavy atom. The lowest BCUT2D eigenvalue weighted by atomic mass is 10.1. The smallest absolute Gasteiger partial charge is 0.332 e. The number of likely N-dealkylation sites (N-methyl/N-ethyl adjacent to an activating group) is 1. The Labute approximate surface area is 114 Å². The fourth-order valence-corrected chi connectivity index (χ4v) is 2.39. The van der Waals surface area contributed by atoms with Gasteiger partial charge in [-0.05, 0) is 33.4 Å². The summed E-state index contributed by atoms with van der Waals surface area (Å²) in [6.45, 7) is 6.39. The third kappa shape index (κ3) is 4.18. The van der Waals surface area contributed by atoms with Crippen LogP contribution in [0.25, 0.3) is 0 Å². The Kier molecular flexibility index (Phi) is 6.24. The number of hydrogen-bond donors (Lipinski definition) is 1. The molecule has 1 rings (SSSR count). The van der Waals surface area contributed by atoms with Gasteiger partial charge in [-0.25, -0.2) is 4.79 Å². The number of esters is 1. The quantitative estimate of drug-likeness (QED) is 0.567. The molecule has 2 unspecified atom stereocenters. The number of carbonyl (C=O) groups excluding carboxylic acids is 2. The van der Waals surface area contributed by atoms with Crippen LogP contribution in [0.3, 0.4) is 0 Å². The van der Waals surface area contributed by atoms with Crippen LogP contribution in [0.2, 0.25) is 0 Å². The van der Waals surface area contributed by atoms with Crippen LogP contribution in [0.1, 0.15) is 26.7 Å². The van der Waals surface area contributed by atoms with Gasteiger partial charge in [-0.3, -0.25) is 4.79 Å². The second-order valence-electron chi connectivity index (χ2n) is 4.94. The minimum absolute atomic E-state index is 0.112. The molecule has 1 heterocycles. The van der Waals surface area contributed by atoms with Gasteiger partial charge in [0.2, 0.25) is 0 Å². The van der Waals surface area contributed by atoms with Crippen LogP contribution in [0.15, 0.2) is 0 Å². The number of nitrogens with zero attached hydrogens (tertiary/aromatic N) is 2. The Morgan fingerprint density at radius 1 is 1.37 bits per heavy atom. The highest BCUT2D eigenvalue weighted by Crippen LogP contribution is 2.13. The zero-order chi connectivity index (χ0) is 14.4. The van der Waals surface area contributed by atoms with Crippen molar-refractivity contribution in [3.05, 3.63) is 0 Å². The van der Waals surface area contributed by atoms with Gasteiger partial charge in [0.15, 0.2) is 6.04 Å². The number of amides is 1. The zero-order valence-corrected chi connectivity index (χ0v) is 12.1. The summed E-state index contributed by atoms with van der Waals surface area (Å²) in [6.07, 6.45) is 1.75. The summed E-state index contributed by atoms with van der Waals surface area (Å²) in [6, 6.07) is -1.09. The maximum absolute atomic E-state index is 12.3. The normalized spacial score (nSPS) is 22.7. The average Bonchev–Trinajstić information content (AvgIpc) is 2.58. The molecular weight excluding hydrogens is 246 g/mol. The molecule has 6 heteroatoms. The van der Waals surface area contributed by atoms with Crippen molar-refractivity contribution < 1.29 is 14.3 Å². The summed E-state index contributed by atoms with van der Waals surface area (Å²) < 4.78 is 4.82. The molecule has 1 aliphatic heterocycles. The molecule has 0 aliphatic carbocycles. The Hall–Kier alpha value is -1.14. The summed E-state index contributed by atoms with van der Waals surface area (Å²) in [7, 11) is 2.04. The molecule has 110 valence electrons. The van der Waals surface area contributed by atoms with E-state index in [0.717, 1.165) is 25.9 Å². The fraction of sp³-hybridized carbons (Fsp3) is 0.846. The van der Waals surface area contributed by atoms with E-state index >= 15 is 0 Å². The third-order valence-corrected chi connectivity index (χ3v) is 3.46. The minimum Gasteiger partial charge on any atom is -0.464 e. The van der Waals surface area contributed by atoms with Crippen molar-refractivity contribution >= 4 is 11.9 Å². The highest BCUT2D eigenvalue weighted by Gasteiger charge is 2.33. The molecule has 6 nitrogen and oxygen atoms in total. The van der Waals surface area contributed by atoms with Crippen LogP contribution < -0.4 is 5.73 Å². The zero-order valence-electron chi connectivity index (χ0n) is 12.1. The van der Waals surface area contributed by atoms with Crippen LogP contribution in [0, 0.1) is 0 Å². The molecular formula is C13H25N3O3. The molecule has 2 N–H and O–H groups in total. The van der Waals surface area contributed by atoms with Gasteiger partial charge >= 0.3 is 5.97 Å². The van der Waals surface area contributed by atoms with Crippen LogP contribution in [-0.4, -0.2) is 67.0 Å². The van der Waals surface area contributed by atoms with E-state index in [4.69, 9.17) is 10.5 Å². The standard InChI is InChI=1S/C13H25N3O3/c1-4-10-9-15(3)7-6-8-16(10)12(17)11(14)13(18)19-5-2/h10-11H,4-9,14H2,1-3H3. The molecule has 0 aromatic rings. The molecule has 19 heavy (non-hydrogen) atoms. The molecule has 1 amide bonds. The number of nitrogens with two attached hydrogens (primary N) is 1. The first-order valence-electron chi connectivity index (χ1n) is 6.92. The molecule has 0 saturated carbocycles. The van der Waals surface area contributed by atoms with Gasteiger partial charge in [-0.1, -0.05) is 6.92 Å². The van der Waals surface area contributed by atoms with E-state index in [2.05, 4.69) is 4.90 Å². The second kappa shape index (κ2) is 7.45. The van der Waals surface area contributed by atoms with Crippen molar-refractivity contribution in [2.24, 2.45) is 5.73 Å². The van der Waals surface area contributed by atoms with Crippen LogP contribution in [0.4, 0.5) is 0 Å². The van der Waals surface area contributed by atoms with E-state index in [1.165, 1.54) is 0 Å². The summed E-state index contributed by atoms with van der Waals surface area (Å²) in [5, 5.41) is 0. The van der Waals surface area contributed by atoms with E-state index in [1.807, 2.05) is 14.0 Å². The topological polar surface area (TPSA) is 75.9 Å². The van der Waals surface area contributed by atoms with Crippen molar-refractivity contribution in [3.63, 3.8) is 0 Å². The van der Waals surface area contributed by atoms with Gasteiger partial charge in [0, 0.05) is 19.1 Å².